The number of nitrogens with zero attached hydrogens (tertiary/aromatic N) is 2. The first-order chi connectivity index (χ1) is 25.8. The molecular weight excluding hydrogens is 649 g/mol. The highest BCUT2D eigenvalue weighted by Crippen LogP contribution is 2.54. The molecule has 8 aromatic carbocycles. The van der Waals surface area contributed by atoms with Gasteiger partial charge in [0.05, 0.1) is 21.9 Å². The fourth-order valence-electron chi connectivity index (χ4n) is 7.64. The zero-order valence-electron chi connectivity index (χ0n) is 28.3. The SMILES string of the molecule is c1ccc(-c2cc(-c3ccccc3)cc(N(c3ccccc3-c3ccccc3)c3ccc4c5c(cccc35)-c3sc(-c5ccccc5)nc3-4)c2)cc1. The molecule has 0 unspecified atom stereocenters. The van der Waals surface area contributed by atoms with Crippen LogP contribution in [0.25, 0.3) is 76.4 Å². The van der Waals surface area contributed by atoms with E-state index in [1.807, 2.05) is 0 Å². The predicted octanol–water partition coefficient (Wildman–Crippen LogP) is 14.1. The summed E-state index contributed by atoms with van der Waals surface area (Å²) in [4.78, 5) is 8.95. The minimum atomic E-state index is 1.06. The molecule has 244 valence electrons. The van der Waals surface area contributed by atoms with Crippen LogP contribution in [-0.2, 0) is 0 Å². The van der Waals surface area contributed by atoms with Gasteiger partial charge in [-0.15, -0.1) is 11.3 Å². The molecule has 1 aliphatic carbocycles. The Bertz CT molecular complexity index is 2630. The van der Waals surface area contributed by atoms with Crippen LogP contribution in [0.5, 0.6) is 0 Å². The highest BCUT2D eigenvalue weighted by Gasteiger charge is 2.29. The molecule has 0 atom stereocenters. The predicted molar refractivity (Wildman–Crippen MR) is 220 cm³/mol. The maximum absolute atomic E-state index is 5.24. The molecule has 0 fully saturated rings. The summed E-state index contributed by atoms with van der Waals surface area (Å²) in [5.74, 6) is 0. The van der Waals surface area contributed by atoms with E-state index in [4.69, 9.17) is 4.98 Å². The standard InChI is InChI=1S/C49H32N2S/c1-5-16-33(17-6-1)37-30-38(34-18-7-2-8-19-34)32-39(31-37)51(44-27-14-13-24-40(44)35-20-9-3-10-21-35)45-29-28-42-46-41(45)25-15-26-43(46)48-47(42)50-49(52-48)36-22-11-4-12-23-36/h1-32H. The number of rotatable bonds is 7. The summed E-state index contributed by atoms with van der Waals surface area (Å²) in [6.45, 7) is 0. The summed E-state index contributed by atoms with van der Waals surface area (Å²) >= 11 is 1.79. The van der Waals surface area contributed by atoms with Gasteiger partial charge in [0.2, 0.25) is 0 Å². The summed E-state index contributed by atoms with van der Waals surface area (Å²) in [6, 6.07) is 69.8. The van der Waals surface area contributed by atoms with Gasteiger partial charge in [0.15, 0.2) is 0 Å². The minimum Gasteiger partial charge on any atom is -0.309 e. The number of aromatic nitrogens is 1. The number of para-hydroxylation sites is 1. The average Bonchev–Trinajstić information content (AvgIpc) is 3.79. The Morgan fingerprint density at radius 1 is 0.385 bits per heavy atom. The Kier molecular flexibility index (Phi) is 7.37. The molecule has 52 heavy (non-hydrogen) atoms. The lowest BCUT2D eigenvalue weighted by molar-refractivity contribution is 1.30. The fraction of sp³-hybridized carbons (Fsp3) is 0. The number of benzene rings is 8. The Hall–Kier alpha value is -6.55. The summed E-state index contributed by atoms with van der Waals surface area (Å²) < 4.78 is 0. The minimum absolute atomic E-state index is 1.06. The van der Waals surface area contributed by atoms with Crippen molar-refractivity contribution in [2.45, 2.75) is 0 Å². The normalized spacial score (nSPS) is 11.5. The number of hydrogen-bond donors (Lipinski definition) is 0. The molecule has 0 saturated carbocycles. The van der Waals surface area contributed by atoms with Gasteiger partial charge in [0, 0.05) is 38.7 Å². The Balaban J connectivity index is 1.24. The molecule has 1 aliphatic rings. The maximum atomic E-state index is 5.24. The quantitative estimate of drug-likeness (QED) is 0.167. The highest BCUT2D eigenvalue weighted by molar-refractivity contribution is 7.19. The smallest absolute Gasteiger partial charge is 0.124 e. The van der Waals surface area contributed by atoms with Crippen LogP contribution in [0.4, 0.5) is 17.1 Å². The van der Waals surface area contributed by atoms with E-state index in [2.05, 4.69) is 199 Å². The van der Waals surface area contributed by atoms with Gasteiger partial charge < -0.3 is 4.90 Å². The lowest BCUT2D eigenvalue weighted by Crippen LogP contribution is -2.12. The van der Waals surface area contributed by atoms with Gasteiger partial charge in [0.25, 0.3) is 0 Å². The van der Waals surface area contributed by atoms with Gasteiger partial charge in [-0.25, -0.2) is 4.98 Å². The van der Waals surface area contributed by atoms with E-state index in [0.717, 1.165) is 33.3 Å². The van der Waals surface area contributed by atoms with Crippen LogP contribution in [0.1, 0.15) is 0 Å². The maximum Gasteiger partial charge on any atom is 0.124 e. The van der Waals surface area contributed by atoms with E-state index < -0.39 is 0 Å². The second-order valence-electron chi connectivity index (χ2n) is 13.1. The monoisotopic (exact) mass is 680 g/mol. The van der Waals surface area contributed by atoms with Crippen LogP contribution in [0, 0.1) is 0 Å². The van der Waals surface area contributed by atoms with Crippen LogP contribution >= 0.6 is 11.3 Å². The third-order valence-electron chi connectivity index (χ3n) is 10.0. The Morgan fingerprint density at radius 2 is 0.942 bits per heavy atom. The summed E-state index contributed by atoms with van der Waals surface area (Å²) in [7, 11) is 0. The van der Waals surface area contributed by atoms with Crippen molar-refractivity contribution in [2.75, 3.05) is 4.90 Å². The second kappa shape index (κ2) is 12.6. The highest BCUT2D eigenvalue weighted by atomic mass is 32.1. The van der Waals surface area contributed by atoms with Crippen molar-refractivity contribution in [3.63, 3.8) is 0 Å². The van der Waals surface area contributed by atoms with Crippen LogP contribution in [0.3, 0.4) is 0 Å². The topological polar surface area (TPSA) is 16.1 Å². The van der Waals surface area contributed by atoms with E-state index in [0.29, 0.717) is 0 Å². The molecule has 0 aliphatic heterocycles. The Morgan fingerprint density at radius 3 is 1.60 bits per heavy atom. The van der Waals surface area contributed by atoms with Crippen molar-refractivity contribution in [2.24, 2.45) is 0 Å². The first-order valence-corrected chi connectivity index (χ1v) is 18.4. The van der Waals surface area contributed by atoms with E-state index in [-0.39, 0.29) is 0 Å². The van der Waals surface area contributed by atoms with Gasteiger partial charge >= 0.3 is 0 Å². The number of fused-ring (bicyclic) bond motifs is 3. The number of hydrogen-bond acceptors (Lipinski definition) is 3. The van der Waals surface area contributed by atoms with Gasteiger partial charge in [0.1, 0.15) is 5.01 Å². The molecule has 0 amide bonds. The largest absolute Gasteiger partial charge is 0.309 e. The van der Waals surface area contributed by atoms with Crippen LogP contribution in [0.2, 0.25) is 0 Å². The van der Waals surface area contributed by atoms with Crippen molar-refractivity contribution in [1.29, 1.82) is 0 Å². The molecule has 1 heterocycles. The van der Waals surface area contributed by atoms with Crippen molar-refractivity contribution in [3.05, 3.63) is 194 Å². The van der Waals surface area contributed by atoms with Crippen molar-refractivity contribution in [1.82, 2.24) is 4.98 Å². The molecule has 3 heteroatoms. The lowest BCUT2D eigenvalue weighted by atomic mass is 9.95. The van der Waals surface area contributed by atoms with Gasteiger partial charge in [-0.3, -0.25) is 0 Å². The summed E-state index contributed by atoms with van der Waals surface area (Å²) in [5, 5.41) is 3.52. The van der Waals surface area contributed by atoms with Gasteiger partial charge in [-0.2, -0.15) is 0 Å². The van der Waals surface area contributed by atoms with Gasteiger partial charge in [-0.1, -0.05) is 164 Å². The molecular formula is C49H32N2S. The summed E-state index contributed by atoms with van der Waals surface area (Å²) in [6.07, 6.45) is 0. The lowest BCUT2D eigenvalue weighted by Gasteiger charge is -2.30. The molecule has 0 spiro atoms. The molecule has 10 rings (SSSR count). The fourth-order valence-corrected chi connectivity index (χ4v) is 8.75. The van der Waals surface area contributed by atoms with Crippen LogP contribution < -0.4 is 4.90 Å². The molecule has 1 aromatic heterocycles. The van der Waals surface area contributed by atoms with E-state index in [1.54, 1.807) is 11.3 Å². The molecule has 0 N–H and O–H groups in total. The molecule has 9 aromatic rings. The zero-order valence-corrected chi connectivity index (χ0v) is 29.1. The molecule has 0 radical (unpaired) electrons. The van der Waals surface area contributed by atoms with E-state index >= 15 is 0 Å². The van der Waals surface area contributed by atoms with E-state index in [1.165, 1.54) is 60.2 Å². The first kappa shape index (κ1) is 30.3. The van der Waals surface area contributed by atoms with Crippen LogP contribution in [0.15, 0.2) is 194 Å². The first-order valence-electron chi connectivity index (χ1n) is 17.6. The van der Waals surface area contributed by atoms with Crippen molar-refractivity contribution < 1.29 is 0 Å². The third kappa shape index (κ3) is 5.14. The number of thiazole rings is 1. The Labute approximate surface area is 307 Å². The average molecular weight is 681 g/mol. The van der Waals surface area contributed by atoms with Crippen molar-refractivity contribution >= 4 is 39.2 Å². The van der Waals surface area contributed by atoms with Crippen molar-refractivity contribution in [3.8, 4) is 65.6 Å². The molecule has 0 bridgehead atoms. The third-order valence-corrected chi connectivity index (χ3v) is 11.2. The van der Waals surface area contributed by atoms with E-state index in [9.17, 15) is 0 Å². The number of anilines is 3. The summed E-state index contributed by atoms with van der Waals surface area (Å²) in [5.41, 5.74) is 15.1. The molecule has 2 nitrogen and oxygen atoms in total. The molecule has 0 saturated heterocycles. The van der Waals surface area contributed by atoms with Gasteiger partial charge in [-0.05, 0) is 58.1 Å². The van der Waals surface area contributed by atoms with Crippen LogP contribution in [-0.4, -0.2) is 4.98 Å². The second-order valence-corrected chi connectivity index (χ2v) is 14.1. The zero-order chi connectivity index (χ0) is 34.4.